The van der Waals surface area contributed by atoms with Gasteiger partial charge in [0.25, 0.3) is 0 Å². The van der Waals surface area contributed by atoms with E-state index in [1.165, 1.54) is 0 Å². The first-order valence-electron chi connectivity index (χ1n) is 6.58. The third kappa shape index (κ3) is 3.85. The van der Waals surface area contributed by atoms with Crippen molar-refractivity contribution in [2.45, 2.75) is 13.8 Å². The van der Waals surface area contributed by atoms with Crippen LogP contribution in [0.2, 0.25) is 0 Å². The van der Waals surface area contributed by atoms with Crippen LogP contribution in [0.15, 0.2) is 40.9 Å². The lowest BCUT2D eigenvalue weighted by atomic mass is 10.0. The third-order valence-corrected chi connectivity index (χ3v) is 3.80. The van der Waals surface area contributed by atoms with E-state index < -0.39 is 0 Å². The molecule has 0 aromatic heterocycles. The second kappa shape index (κ2) is 6.76. The number of rotatable bonds is 5. The maximum Gasteiger partial charge on any atom is 0.200 e. The molecule has 0 fully saturated rings. The summed E-state index contributed by atoms with van der Waals surface area (Å²) in [6.45, 7) is 3.95. The highest BCUT2D eigenvalue weighted by molar-refractivity contribution is 9.10. The molecular formula is C17H17BrO3. The Morgan fingerprint density at radius 2 is 1.90 bits per heavy atom. The van der Waals surface area contributed by atoms with Crippen LogP contribution in [-0.2, 0) is 0 Å². The van der Waals surface area contributed by atoms with Gasteiger partial charge >= 0.3 is 0 Å². The summed E-state index contributed by atoms with van der Waals surface area (Å²) in [6, 6.07) is 11.1. The van der Waals surface area contributed by atoms with E-state index in [-0.39, 0.29) is 12.4 Å². The molecule has 0 N–H and O–H groups in total. The van der Waals surface area contributed by atoms with Crippen LogP contribution in [0.5, 0.6) is 11.5 Å². The van der Waals surface area contributed by atoms with Gasteiger partial charge in [-0.15, -0.1) is 0 Å². The van der Waals surface area contributed by atoms with E-state index >= 15 is 0 Å². The largest absolute Gasteiger partial charge is 0.497 e. The smallest absolute Gasteiger partial charge is 0.200 e. The first kappa shape index (κ1) is 15.6. The topological polar surface area (TPSA) is 35.5 Å². The van der Waals surface area contributed by atoms with Crippen LogP contribution < -0.4 is 9.47 Å². The minimum Gasteiger partial charge on any atom is -0.497 e. The summed E-state index contributed by atoms with van der Waals surface area (Å²) in [5.74, 6) is 1.32. The number of ketones is 1. The van der Waals surface area contributed by atoms with E-state index in [0.29, 0.717) is 11.3 Å². The van der Waals surface area contributed by atoms with Crippen molar-refractivity contribution in [3.05, 3.63) is 57.6 Å². The molecule has 0 saturated carbocycles. The van der Waals surface area contributed by atoms with E-state index in [9.17, 15) is 4.79 Å². The highest BCUT2D eigenvalue weighted by Crippen LogP contribution is 2.29. The zero-order valence-electron chi connectivity index (χ0n) is 12.3. The van der Waals surface area contributed by atoms with Gasteiger partial charge in [-0.2, -0.15) is 0 Å². The number of carbonyl (C=O) groups is 1. The highest BCUT2D eigenvalue weighted by Gasteiger charge is 2.11. The lowest BCUT2D eigenvalue weighted by Crippen LogP contribution is -2.13. The molecular weight excluding hydrogens is 332 g/mol. The molecule has 2 rings (SSSR count). The van der Waals surface area contributed by atoms with Gasteiger partial charge in [0.1, 0.15) is 11.5 Å². The minimum atomic E-state index is -0.0322. The third-order valence-electron chi connectivity index (χ3n) is 3.18. The Kier molecular flexibility index (Phi) is 5.02. The molecule has 0 aliphatic heterocycles. The number of halogens is 1. The first-order chi connectivity index (χ1) is 10.0. The molecule has 0 amide bonds. The van der Waals surface area contributed by atoms with Gasteiger partial charge < -0.3 is 9.47 Å². The van der Waals surface area contributed by atoms with Gasteiger partial charge in [0.15, 0.2) is 12.4 Å². The van der Waals surface area contributed by atoms with Crippen molar-refractivity contribution >= 4 is 21.7 Å². The van der Waals surface area contributed by atoms with Crippen LogP contribution in [0.3, 0.4) is 0 Å². The van der Waals surface area contributed by atoms with Crippen LogP contribution in [0, 0.1) is 13.8 Å². The number of carbonyl (C=O) groups excluding carboxylic acids is 1. The zero-order valence-corrected chi connectivity index (χ0v) is 13.9. The first-order valence-corrected chi connectivity index (χ1v) is 7.37. The molecule has 21 heavy (non-hydrogen) atoms. The Morgan fingerprint density at radius 1 is 1.14 bits per heavy atom. The van der Waals surface area contributed by atoms with E-state index in [1.807, 2.05) is 32.0 Å². The molecule has 4 heteroatoms. The monoisotopic (exact) mass is 348 g/mol. The predicted molar refractivity (Wildman–Crippen MR) is 86.4 cm³/mol. The van der Waals surface area contributed by atoms with Crippen LogP contribution in [0.25, 0.3) is 0 Å². The van der Waals surface area contributed by atoms with Crippen LogP contribution >= 0.6 is 15.9 Å². The molecule has 2 aromatic carbocycles. The van der Waals surface area contributed by atoms with Crippen molar-refractivity contribution in [1.82, 2.24) is 0 Å². The number of Topliss-reactive ketones (excluding diaryl/α,β-unsaturated/α-hetero) is 1. The highest BCUT2D eigenvalue weighted by atomic mass is 79.9. The lowest BCUT2D eigenvalue weighted by molar-refractivity contribution is 0.0920. The van der Waals surface area contributed by atoms with Gasteiger partial charge in [-0.05, 0) is 53.5 Å². The summed E-state index contributed by atoms with van der Waals surface area (Å²) >= 11 is 3.40. The van der Waals surface area contributed by atoms with Gasteiger partial charge in [0.05, 0.1) is 11.6 Å². The van der Waals surface area contributed by atoms with Crippen molar-refractivity contribution in [3.8, 4) is 11.5 Å². The molecule has 110 valence electrons. The summed E-state index contributed by atoms with van der Waals surface area (Å²) < 4.78 is 11.5. The maximum absolute atomic E-state index is 12.2. The van der Waals surface area contributed by atoms with Crippen LogP contribution in [0.1, 0.15) is 21.5 Å². The fourth-order valence-corrected chi connectivity index (χ4v) is 2.55. The molecule has 0 saturated heterocycles. The summed E-state index contributed by atoms with van der Waals surface area (Å²) in [7, 11) is 1.60. The van der Waals surface area contributed by atoms with E-state index in [4.69, 9.17) is 9.47 Å². The van der Waals surface area contributed by atoms with Crippen LogP contribution in [0.4, 0.5) is 0 Å². The summed E-state index contributed by atoms with van der Waals surface area (Å²) in [4.78, 5) is 12.2. The van der Waals surface area contributed by atoms with E-state index in [1.54, 1.807) is 25.3 Å². The molecule has 0 radical (unpaired) electrons. The van der Waals surface area contributed by atoms with E-state index in [2.05, 4.69) is 15.9 Å². The molecule has 0 heterocycles. The van der Waals surface area contributed by atoms with E-state index in [0.717, 1.165) is 21.3 Å². The Bertz CT molecular complexity index is 665. The second-order valence-corrected chi connectivity index (χ2v) is 5.68. The van der Waals surface area contributed by atoms with Gasteiger partial charge in [0, 0.05) is 5.56 Å². The minimum absolute atomic E-state index is 0.00876. The Labute approximate surface area is 133 Å². The van der Waals surface area contributed by atoms with Crippen molar-refractivity contribution in [3.63, 3.8) is 0 Å². The number of ether oxygens (including phenoxy) is 2. The normalized spacial score (nSPS) is 10.3. The maximum atomic E-state index is 12.2. The summed E-state index contributed by atoms with van der Waals surface area (Å²) in [5, 5.41) is 0. The van der Waals surface area contributed by atoms with Gasteiger partial charge in [-0.1, -0.05) is 23.8 Å². The predicted octanol–water partition coefficient (Wildman–Crippen LogP) is 4.34. The van der Waals surface area contributed by atoms with Gasteiger partial charge in [-0.25, -0.2) is 0 Å². The lowest BCUT2D eigenvalue weighted by Gasteiger charge is -2.10. The molecule has 0 aliphatic rings. The molecule has 0 unspecified atom stereocenters. The van der Waals surface area contributed by atoms with Crippen molar-refractivity contribution in [2.24, 2.45) is 0 Å². The van der Waals surface area contributed by atoms with Crippen molar-refractivity contribution in [1.29, 1.82) is 0 Å². The SMILES string of the molecule is COc1ccc(OCC(=O)c2ccc(C)cc2C)c(Br)c1. The number of methoxy groups -OCH3 is 1. The number of benzene rings is 2. The number of aryl methyl sites for hydroxylation is 2. The standard InChI is InChI=1S/C17H17BrO3/c1-11-4-6-14(12(2)8-11)16(19)10-21-17-7-5-13(20-3)9-15(17)18/h4-9H,10H2,1-3H3. The fourth-order valence-electron chi connectivity index (χ4n) is 2.07. The summed E-state index contributed by atoms with van der Waals surface area (Å²) in [6.07, 6.45) is 0. The Hall–Kier alpha value is -1.81. The molecule has 0 bridgehead atoms. The van der Waals surface area contributed by atoms with Crippen molar-refractivity contribution in [2.75, 3.05) is 13.7 Å². The second-order valence-electron chi connectivity index (χ2n) is 4.83. The quantitative estimate of drug-likeness (QED) is 0.754. The zero-order chi connectivity index (χ0) is 15.4. The van der Waals surface area contributed by atoms with Gasteiger partial charge in [-0.3, -0.25) is 4.79 Å². The van der Waals surface area contributed by atoms with Crippen molar-refractivity contribution < 1.29 is 14.3 Å². The Morgan fingerprint density at radius 3 is 2.52 bits per heavy atom. The molecule has 0 atom stereocenters. The Balaban J connectivity index is 2.07. The number of hydrogen-bond acceptors (Lipinski definition) is 3. The fraction of sp³-hybridized carbons (Fsp3) is 0.235. The number of hydrogen-bond donors (Lipinski definition) is 0. The molecule has 2 aromatic rings. The average Bonchev–Trinajstić information content (AvgIpc) is 2.45. The molecule has 0 aliphatic carbocycles. The molecule has 3 nitrogen and oxygen atoms in total. The average molecular weight is 349 g/mol. The molecule has 0 spiro atoms. The van der Waals surface area contributed by atoms with Crippen LogP contribution in [-0.4, -0.2) is 19.5 Å². The summed E-state index contributed by atoms with van der Waals surface area (Å²) in [5.41, 5.74) is 2.81. The van der Waals surface area contributed by atoms with Gasteiger partial charge in [0.2, 0.25) is 0 Å².